The number of benzene rings is 2. The van der Waals surface area contributed by atoms with Gasteiger partial charge in [0.2, 0.25) is 5.91 Å². The molecule has 0 radical (unpaired) electrons. The second-order valence-electron chi connectivity index (χ2n) is 7.23. The predicted molar refractivity (Wildman–Crippen MR) is 137 cm³/mol. The molecule has 0 unspecified atom stereocenters. The number of aryl methyl sites for hydroxylation is 1. The summed E-state index contributed by atoms with van der Waals surface area (Å²) >= 11 is 4.64. The van der Waals surface area contributed by atoms with Gasteiger partial charge in [-0.25, -0.2) is 4.79 Å². The maximum Gasteiger partial charge on any atom is 0.341 e. The highest BCUT2D eigenvalue weighted by atomic mass is 79.9. The smallest absolute Gasteiger partial charge is 0.341 e. The Morgan fingerprint density at radius 3 is 2.51 bits per heavy atom. The quantitative estimate of drug-likeness (QED) is 0.187. The summed E-state index contributed by atoms with van der Waals surface area (Å²) in [5.74, 6) is 0.201. The van der Waals surface area contributed by atoms with Crippen molar-refractivity contribution in [3.63, 3.8) is 0 Å². The molecule has 0 aliphatic rings. The molecule has 1 amide bonds. The number of ether oxygens (including phenoxy) is 3. The van der Waals surface area contributed by atoms with E-state index in [1.807, 2.05) is 0 Å². The van der Waals surface area contributed by atoms with Crippen molar-refractivity contribution in [3.05, 3.63) is 67.5 Å². The van der Waals surface area contributed by atoms with Gasteiger partial charge in [-0.3, -0.25) is 14.9 Å². The minimum Gasteiger partial charge on any atom is -0.493 e. The number of nitrogens with one attached hydrogen (secondary N) is 1. The van der Waals surface area contributed by atoms with Gasteiger partial charge in [-0.2, -0.15) is 0 Å². The molecule has 0 fully saturated rings. The van der Waals surface area contributed by atoms with Gasteiger partial charge in [-0.05, 0) is 36.6 Å². The monoisotopic (exact) mass is 562 g/mol. The average molecular weight is 563 g/mol. The van der Waals surface area contributed by atoms with Crippen LogP contribution in [0.15, 0.2) is 46.3 Å². The predicted octanol–water partition coefficient (Wildman–Crippen LogP) is 5.85. The molecule has 3 rings (SSSR count). The number of rotatable bonds is 10. The van der Waals surface area contributed by atoms with Crippen LogP contribution in [-0.4, -0.2) is 37.6 Å². The van der Waals surface area contributed by atoms with E-state index in [1.165, 1.54) is 19.2 Å². The molecule has 0 saturated carbocycles. The van der Waals surface area contributed by atoms with Crippen molar-refractivity contribution >= 4 is 49.8 Å². The van der Waals surface area contributed by atoms with E-state index in [2.05, 4.69) is 21.2 Å². The number of methoxy groups -OCH3 is 2. The van der Waals surface area contributed by atoms with Crippen LogP contribution in [0.4, 0.5) is 10.7 Å². The number of carbonyl (C=O) groups is 2. The highest BCUT2D eigenvalue weighted by molar-refractivity contribution is 9.10. The van der Waals surface area contributed by atoms with Crippen molar-refractivity contribution in [1.82, 2.24) is 0 Å². The first-order valence-electron chi connectivity index (χ1n) is 10.5. The normalized spacial score (nSPS) is 10.5. The second-order valence-corrected chi connectivity index (χ2v) is 8.96. The Morgan fingerprint density at radius 2 is 1.86 bits per heavy atom. The van der Waals surface area contributed by atoms with Gasteiger partial charge in [0, 0.05) is 34.0 Å². The van der Waals surface area contributed by atoms with Crippen molar-refractivity contribution < 1.29 is 28.7 Å². The minimum absolute atomic E-state index is 0.102. The molecular formula is C24H23BrN2O7S. The molecule has 0 spiro atoms. The van der Waals surface area contributed by atoms with Gasteiger partial charge in [-0.15, -0.1) is 11.3 Å². The fraction of sp³-hybridized carbons (Fsp3) is 0.250. The Balaban J connectivity index is 1.84. The maximum atomic E-state index is 12.8. The van der Waals surface area contributed by atoms with Crippen LogP contribution in [-0.2, 0) is 16.0 Å². The summed E-state index contributed by atoms with van der Waals surface area (Å²) in [6.07, 6.45) is 0.547. The first-order valence-corrected chi connectivity index (χ1v) is 12.2. The van der Waals surface area contributed by atoms with E-state index in [9.17, 15) is 19.7 Å². The Hall–Kier alpha value is -3.44. The van der Waals surface area contributed by atoms with E-state index in [0.29, 0.717) is 34.0 Å². The largest absolute Gasteiger partial charge is 0.493 e. The van der Waals surface area contributed by atoms with E-state index in [-0.39, 0.29) is 30.2 Å². The molecule has 3 aromatic rings. The lowest BCUT2D eigenvalue weighted by Gasteiger charge is -2.12. The number of hydrogen-bond donors (Lipinski definition) is 1. The van der Waals surface area contributed by atoms with Crippen LogP contribution in [0.2, 0.25) is 0 Å². The zero-order chi connectivity index (χ0) is 25.5. The number of non-ortho nitro benzene ring substituents is 1. The van der Waals surface area contributed by atoms with E-state index < -0.39 is 10.9 Å². The first-order chi connectivity index (χ1) is 16.8. The summed E-state index contributed by atoms with van der Waals surface area (Å²) < 4.78 is 16.6. The summed E-state index contributed by atoms with van der Waals surface area (Å²) in [5, 5.41) is 16.0. The number of esters is 1. The van der Waals surface area contributed by atoms with Crippen molar-refractivity contribution in [1.29, 1.82) is 0 Å². The lowest BCUT2D eigenvalue weighted by atomic mass is 10.0. The third-order valence-corrected chi connectivity index (χ3v) is 6.70. The fourth-order valence-electron chi connectivity index (χ4n) is 3.38. The van der Waals surface area contributed by atoms with Crippen LogP contribution in [0.25, 0.3) is 11.1 Å². The molecule has 0 bridgehead atoms. The van der Waals surface area contributed by atoms with Gasteiger partial charge in [0.25, 0.3) is 5.69 Å². The summed E-state index contributed by atoms with van der Waals surface area (Å²) in [7, 11) is 3.08. The van der Waals surface area contributed by atoms with Crippen LogP contribution < -0.4 is 14.8 Å². The number of anilines is 1. The van der Waals surface area contributed by atoms with Crippen molar-refractivity contribution in [3.8, 4) is 22.6 Å². The average Bonchev–Trinajstić information content (AvgIpc) is 3.26. The lowest BCUT2D eigenvalue weighted by Crippen LogP contribution is -2.15. The molecule has 35 heavy (non-hydrogen) atoms. The third-order valence-electron chi connectivity index (χ3n) is 5.07. The Morgan fingerprint density at radius 1 is 1.14 bits per heavy atom. The topological polar surface area (TPSA) is 117 Å². The summed E-state index contributed by atoms with van der Waals surface area (Å²) in [5.41, 5.74) is 1.85. The molecular weight excluding hydrogens is 540 g/mol. The van der Waals surface area contributed by atoms with Gasteiger partial charge in [0.05, 0.1) is 25.7 Å². The number of amides is 1. The van der Waals surface area contributed by atoms with Crippen LogP contribution in [0.5, 0.6) is 11.5 Å². The van der Waals surface area contributed by atoms with Crippen LogP contribution in [0.3, 0.4) is 0 Å². The summed E-state index contributed by atoms with van der Waals surface area (Å²) in [6, 6.07) is 9.53. The molecule has 0 aliphatic heterocycles. The highest BCUT2D eigenvalue weighted by Crippen LogP contribution is 2.38. The van der Waals surface area contributed by atoms with Crippen LogP contribution >= 0.6 is 27.3 Å². The van der Waals surface area contributed by atoms with Crippen LogP contribution in [0.1, 0.15) is 29.3 Å². The molecule has 1 N–H and O–H groups in total. The molecule has 1 heterocycles. The molecule has 1 aromatic heterocycles. The minimum atomic E-state index is -0.617. The van der Waals surface area contributed by atoms with E-state index >= 15 is 0 Å². The molecule has 11 heteroatoms. The molecule has 2 aromatic carbocycles. The number of nitrogens with zero attached hydrogens (tertiary/aromatic N) is 1. The molecule has 0 saturated heterocycles. The van der Waals surface area contributed by atoms with E-state index in [1.54, 1.807) is 43.7 Å². The number of carbonyl (C=O) groups excluding carboxylic acids is 2. The Labute approximate surface area is 214 Å². The second kappa shape index (κ2) is 11.8. The van der Waals surface area contributed by atoms with Gasteiger partial charge < -0.3 is 19.5 Å². The zero-order valence-electron chi connectivity index (χ0n) is 19.3. The van der Waals surface area contributed by atoms with Crippen LogP contribution in [0, 0.1) is 10.1 Å². The summed E-state index contributed by atoms with van der Waals surface area (Å²) in [4.78, 5) is 36.2. The molecule has 0 atom stereocenters. The van der Waals surface area contributed by atoms with E-state index in [4.69, 9.17) is 14.2 Å². The van der Waals surface area contributed by atoms with Crippen molar-refractivity contribution in [2.24, 2.45) is 0 Å². The van der Waals surface area contributed by atoms with Gasteiger partial charge >= 0.3 is 5.97 Å². The van der Waals surface area contributed by atoms with E-state index in [0.717, 1.165) is 21.4 Å². The summed E-state index contributed by atoms with van der Waals surface area (Å²) in [6.45, 7) is 1.82. The van der Waals surface area contributed by atoms with Gasteiger partial charge in [0.1, 0.15) is 10.6 Å². The number of nitro groups is 1. The Kier molecular flexibility index (Phi) is 8.83. The third kappa shape index (κ3) is 6.17. The number of hydrogen-bond acceptors (Lipinski definition) is 8. The van der Waals surface area contributed by atoms with Crippen molar-refractivity contribution in [2.45, 2.75) is 19.8 Å². The highest BCUT2D eigenvalue weighted by Gasteiger charge is 2.24. The molecule has 9 nitrogen and oxygen atoms in total. The van der Waals surface area contributed by atoms with Crippen molar-refractivity contribution in [2.75, 3.05) is 26.1 Å². The Bertz CT molecular complexity index is 1260. The number of thiophene rings is 1. The van der Waals surface area contributed by atoms with Gasteiger partial charge in [0.15, 0.2) is 11.5 Å². The molecule has 0 aliphatic carbocycles. The van der Waals surface area contributed by atoms with Gasteiger partial charge in [-0.1, -0.05) is 28.1 Å². The standard InChI is InChI=1S/C24H23BrN2O7S/c1-4-34-24(29)22-17(14-6-5-7-16(10-14)27(30)31)13-35-23(22)26-21(28)9-8-15-11-19(32-2)20(33-3)12-18(15)25/h5-7,10-13H,4,8-9H2,1-3H3,(H,26,28). The zero-order valence-corrected chi connectivity index (χ0v) is 21.7. The SMILES string of the molecule is CCOC(=O)c1c(-c2cccc([N+](=O)[O-])c2)csc1NC(=O)CCc1cc(OC)c(OC)cc1Br. The lowest BCUT2D eigenvalue weighted by molar-refractivity contribution is -0.384. The molecule has 184 valence electrons. The first kappa shape index (κ1) is 26.2. The number of nitro benzene ring substituents is 1. The number of halogens is 1. The maximum absolute atomic E-state index is 12.8. The fourth-order valence-corrected chi connectivity index (χ4v) is 4.87.